The fourth-order valence-electron chi connectivity index (χ4n) is 4.45. The lowest BCUT2D eigenvalue weighted by Gasteiger charge is -2.39. The van der Waals surface area contributed by atoms with Crippen LogP contribution in [0.5, 0.6) is 0 Å². The molecule has 0 bridgehead atoms. The number of hydrogen-bond donors (Lipinski definition) is 3. The largest absolute Gasteiger partial charge is 0.480 e. The molecule has 0 aliphatic carbocycles. The molecule has 2 atom stereocenters. The van der Waals surface area contributed by atoms with E-state index in [0.717, 1.165) is 0 Å². The first-order valence-corrected chi connectivity index (χ1v) is 10.1. The van der Waals surface area contributed by atoms with E-state index in [1.54, 1.807) is 64.1 Å². The molecule has 0 spiro atoms. The number of benzene rings is 2. The average molecular weight is 429 g/mol. The van der Waals surface area contributed by atoms with Gasteiger partial charge in [0.25, 0.3) is 5.69 Å². The monoisotopic (exact) mass is 429 g/mol. The number of carboxylic acids is 2. The first kappa shape index (κ1) is 22.6. The van der Waals surface area contributed by atoms with Crippen molar-refractivity contribution in [3.05, 3.63) is 52.1 Å². The molecule has 2 aromatic carbocycles. The van der Waals surface area contributed by atoms with Crippen molar-refractivity contribution in [2.24, 2.45) is 5.41 Å². The van der Waals surface area contributed by atoms with E-state index in [-0.39, 0.29) is 25.2 Å². The van der Waals surface area contributed by atoms with Crippen LogP contribution in [0.4, 0.5) is 5.69 Å². The van der Waals surface area contributed by atoms with Gasteiger partial charge in [-0.2, -0.15) is 0 Å². The minimum atomic E-state index is -1.68. The summed E-state index contributed by atoms with van der Waals surface area (Å²) in [4.78, 5) is 37.7. The summed E-state index contributed by atoms with van der Waals surface area (Å²) in [7, 11) is 0. The standard InChI is InChI=1S/C22H27N3O6/c1-5-22(19(28)29)23-21(18(26)27,20(2,3)4)13-24(22)12-15-11-10-14-8-6-7-9-16(14)17(15)25(30)31/h6-11,23H,5,12-13H2,1-4H3,(H,26,27)(H,28,29). The minimum Gasteiger partial charge on any atom is -0.480 e. The molecular weight excluding hydrogens is 402 g/mol. The zero-order valence-corrected chi connectivity index (χ0v) is 18.0. The van der Waals surface area contributed by atoms with Crippen molar-refractivity contribution in [3.63, 3.8) is 0 Å². The third kappa shape index (κ3) is 3.43. The molecule has 2 unspecified atom stereocenters. The Labute approximate surface area is 179 Å². The molecule has 1 aliphatic rings. The van der Waals surface area contributed by atoms with Gasteiger partial charge in [-0.15, -0.1) is 0 Å². The quantitative estimate of drug-likeness (QED) is 0.471. The fraction of sp³-hybridized carbons (Fsp3) is 0.455. The molecule has 0 amide bonds. The Morgan fingerprint density at radius 2 is 1.81 bits per heavy atom. The predicted octanol–water partition coefficient (Wildman–Crippen LogP) is 3.21. The Bertz CT molecular complexity index is 1060. The van der Waals surface area contributed by atoms with Crippen molar-refractivity contribution in [2.45, 2.75) is 51.9 Å². The zero-order chi connectivity index (χ0) is 23.2. The van der Waals surface area contributed by atoms with Crippen molar-refractivity contribution in [3.8, 4) is 0 Å². The van der Waals surface area contributed by atoms with Crippen LogP contribution in [0.15, 0.2) is 36.4 Å². The molecule has 166 valence electrons. The second-order valence-electron chi connectivity index (χ2n) is 9.01. The van der Waals surface area contributed by atoms with Gasteiger partial charge >= 0.3 is 11.9 Å². The summed E-state index contributed by atoms with van der Waals surface area (Å²) in [6, 6.07) is 10.3. The van der Waals surface area contributed by atoms with Crippen LogP contribution in [0.1, 0.15) is 39.7 Å². The minimum absolute atomic E-state index is 0.0782. The molecule has 1 saturated heterocycles. The Balaban J connectivity index is 2.17. The topological polar surface area (TPSA) is 133 Å². The fourth-order valence-corrected chi connectivity index (χ4v) is 4.45. The van der Waals surface area contributed by atoms with Crippen molar-refractivity contribution in [1.29, 1.82) is 0 Å². The zero-order valence-electron chi connectivity index (χ0n) is 18.0. The summed E-state index contributed by atoms with van der Waals surface area (Å²) in [5.74, 6) is -2.37. The molecule has 1 fully saturated rings. The molecular formula is C22H27N3O6. The number of nitro benzene ring substituents is 1. The van der Waals surface area contributed by atoms with E-state index in [2.05, 4.69) is 5.32 Å². The third-order valence-corrected chi connectivity index (χ3v) is 6.43. The number of carbonyl (C=O) groups is 2. The Hall–Kier alpha value is -3.04. The van der Waals surface area contributed by atoms with E-state index in [9.17, 15) is 29.9 Å². The summed E-state index contributed by atoms with van der Waals surface area (Å²) >= 11 is 0. The summed E-state index contributed by atoms with van der Waals surface area (Å²) in [5, 5.41) is 36.2. The molecule has 0 aromatic heterocycles. The molecule has 3 N–H and O–H groups in total. The van der Waals surface area contributed by atoms with Gasteiger partial charge in [0.15, 0.2) is 5.66 Å². The Kier molecular flexibility index (Phi) is 5.54. The lowest BCUT2D eigenvalue weighted by atomic mass is 9.73. The average Bonchev–Trinajstić information content (AvgIpc) is 3.04. The van der Waals surface area contributed by atoms with E-state index in [1.165, 1.54) is 4.90 Å². The number of hydrogen-bond acceptors (Lipinski definition) is 6. The van der Waals surface area contributed by atoms with Gasteiger partial charge in [0.2, 0.25) is 0 Å². The number of carboxylic acid groups (broad SMARTS) is 2. The maximum atomic E-state index is 12.4. The predicted molar refractivity (Wildman–Crippen MR) is 115 cm³/mol. The van der Waals surface area contributed by atoms with Gasteiger partial charge in [-0.3, -0.25) is 25.1 Å². The first-order chi connectivity index (χ1) is 14.4. The summed E-state index contributed by atoms with van der Waals surface area (Å²) in [6.45, 7) is 6.66. The molecule has 9 nitrogen and oxygen atoms in total. The van der Waals surface area contributed by atoms with E-state index in [0.29, 0.717) is 16.3 Å². The number of nitro groups is 1. The molecule has 0 radical (unpaired) electrons. The molecule has 3 rings (SSSR count). The van der Waals surface area contributed by atoms with E-state index < -0.39 is 33.5 Å². The molecule has 1 aliphatic heterocycles. The van der Waals surface area contributed by atoms with Gasteiger partial charge in [0.1, 0.15) is 5.54 Å². The molecule has 2 aromatic rings. The smallest absolute Gasteiger partial charge is 0.339 e. The van der Waals surface area contributed by atoms with Crippen molar-refractivity contribution < 1.29 is 24.7 Å². The Morgan fingerprint density at radius 3 is 2.32 bits per heavy atom. The second kappa shape index (κ2) is 7.58. The van der Waals surface area contributed by atoms with Crippen LogP contribution in [0, 0.1) is 15.5 Å². The van der Waals surface area contributed by atoms with E-state index in [4.69, 9.17) is 0 Å². The highest BCUT2D eigenvalue weighted by atomic mass is 16.6. The number of rotatable bonds is 6. The van der Waals surface area contributed by atoms with Crippen molar-refractivity contribution >= 4 is 28.4 Å². The van der Waals surface area contributed by atoms with Gasteiger partial charge in [0.05, 0.1) is 10.3 Å². The summed E-state index contributed by atoms with van der Waals surface area (Å²) < 4.78 is 0. The van der Waals surface area contributed by atoms with Crippen molar-refractivity contribution in [1.82, 2.24) is 10.2 Å². The van der Waals surface area contributed by atoms with Crippen LogP contribution >= 0.6 is 0 Å². The molecule has 9 heteroatoms. The maximum absolute atomic E-state index is 12.4. The van der Waals surface area contributed by atoms with Crippen molar-refractivity contribution in [2.75, 3.05) is 6.54 Å². The van der Waals surface area contributed by atoms with Crippen LogP contribution < -0.4 is 5.32 Å². The molecule has 1 heterocycles. The Morgan fingerprint density at radius 1 is 1.16 bits per heavy atom. The highest BCUT2D eigenvalue weighted by Gasteiger charge is 2.64. The van der Waals surface area contributed by atoms with E-state index >= 15 is 0 Å². The number of nitrogens with zero attached hydrogens (tertiary/aromatic N) is 2. The number of fused-ring (bicyclic) bond motifs is 1. The first-order valence-electron chi connectivity index (χ1n) is 10.1. The van der Waals surface area contributed by atoms with Crippen LogP contribution in [-0.2, 0) is 16.1 Å². The highest BCUT2D eigenvalue weighted by molar-refractivity contribution is 5.92. The summed E-state index contributed by atoms with van der Waals surface area (Å²) in [5.41, 5.74) is -3.81. The molecule has 31 heavy (non-hydrogen) atoms. The highest BCUT2D eigenvalue weighted by Crippen LogP contribution is 2.43. The van der Waals surface area contributed by atoms with Gasteiger partial charge in [0, 0.05) is 18.7 Å². The van der Waals surface area contributed by atoms with Gasteiger partial charge in [-0.25, -0.2) is 4.79 Å². The van der Waals surface area contributed by atoms with E-state index in [1.807, 2.05) is 0 Å². The van der Waals surface area contributed by atoms with Gasteiger partial charge in [-0.1, -0.05) is 58.0 Å². The normalized spacial score (nSPS) is 24.4. The lowest BCUT2D eigenvalue weighted by Crippen LogP contribution is -2.65. The third-order valence-electron chi connectivity index (χ3n) is 6.43. The second-order valence-corrected chi connectivity index (χ2v) is 9.01. The maximum Gasteiger partial charge on any atom is 0.339 e. The van der Waals surface area contributed by atoms with Crippen LogP contribution in [-0.4, -0.2) is 49.7 Å². The number of nitrogens with one attached hydrogen (secondary N) is 1. The van der Waals surface area contributed by atoms with Gasteiger partial charge < -0.3 is 10.2 Å². The summed E-state index contributed by atoms with van der Waals surface area (Å²) in [6.07, 6.45) is 0.0782. The SMILES string of the molecule is CCC1(C(=O)O)NC(C(=O)O)(C(C)(C)C)CN1Cc1ccc2ccccc2c1[N+](=O)[O-]. The number of aliphatic carboxylic acids is 2. The lowest BCUT2D eigenvalue weighted by molar-refractivity contribution is -0.384. The van der Waals surface area contributed by atoms with Gasteiger partial charge in [-0.05, 0) is 23.3 Å². The van der Waals surface area contributed by atoms with Crippen LogP contribution in [0.2, 0.25) is 0 Å². The van der Waals surface area contributed by atoms with Crippen LogP contribution in [0.25, 0.3) is 10.8 Å². The van der Waals surface area contributed by atoms with Crippen LogP contribution in [0.3, 0.4) is 0 Å². The molecule has 0 saturated carbocycles.